The highest BCUT2D eigenvalue weighted by Crippen LogP contribution is 2.33. The van der Waals surface area contributed by atoms with Crippen LogP contribution in [0.15, 0.2) is 43.0 Å². The Labute approximate surface area is 188 Å². The number of hydrogen-bond acceptors (Lipinski definition) is 8. The van der Waals surface area contributed by atoms with Crippen molar-refractivity contribution in [3.8, 4) is 34.1 Å². The molecule has 3 N–H and O–H groups in total. The monoisotopic (exact) mass is 434 g/mol. The van der Waals surface area contributed by atoms with Crippen LogP contribution in [0.1, 0.15) is 40.5 Å². The summed E-state index contributed by atoms with van der Waals surface area (Å²) in [6, 6.07) is 7.37. The number of phenols is 1. The van der Waals surface area contributed by atoms with Gasteiger partial charge in [0.15, 0.2) is 0 Å². The number of phenolic OH excluding ortho intramolecular Hbond substituents is 1. The third kappa shape index (κ3) is 4.96. The fourth-order valence-corrected chi connectivity index (χ4v) is 4.69. The van der Waals surface area contributed by atoms with Gasteiger partial charge < -0.3 is 20.5 Å². The van der Waals surface area contributed by atoms with Gasteiger partial charge in [-0.3, -0.25) is 4.98 Å². The summed E-state index contributed by atoms with van der Waals surface area (Å²) in [4.78, 5) is 17.3. The Morgan fingerprint density at radius 3 is 2.34 bits per heavy atom. The molecule has 0 spiro atoms. The summed E-state index contributed by atoms with van der Waals surface area (Å²) < 4.78 is 5.15. The molecule has 32 heavy (non-hydrogen) atoms. The first-order valence-electron chi connectivity index (χ1n) is 10.7. The molecule has 3 aromatic rings. The van der Waals surface area contributed by atoms with Gasteiger partial charge >= 0.3 is 0 Å². The topological polar surface area (TPSA) is 105 Å². The lowest BCUT2D eigenvalue weighted by molar-refractivity contribution is 0.170. The van der Waals surface area contributed by atoms with Crippen LogP contribution in [0.5, 0.6) is 11.6 Å². The summed E-state index contributed by atoms with van der Waals surface area (Å²) in [6.07, 6.45) is 6.83. The molecule has 1 aromatic carbocycles. The Hall–Kier alpha value is -3.26. The fraction of sp³-hybridized carbons (Fsp3) is 0.417. The Bertz CT molecular complexity index is 1080. The molecule has 1 fully saturated rings. The molecule has 0 atom stereocenters. The number of nitrogens with one attached hydrogen (secondary N) is 2. The molecule has 1 aliphatic rings. The van der Waals surface area contributed by atoms with Crippen molar-refractivity contribution in [3.63, 3.8) is 0 Å². The second kappa shape index (κ2) is 8.35. The number of aromatic hydroxyl groups is 1. The predicted octanol–water partition coefficient (Wildman–Crippen LogP) is 4.04. The van der Waals surface area contributed by atoms with Crippen molar-refractivity contribution < 1.29 is 9.84 Å². The van der Waals surface area contributed by atoms with E-state index in [1.54, 1.807) is 31.6 Å². The summed E-state index contributed by atoms with van der Waals surface area (Å²) in [5.74, 6) is 1.31. The molecule has 0 unspecified atom stereocenters. The molecule has 3 heterocycles. The van der Waals surface area contributed by atoms with Gasteiger partial charge in [-0.15, -0.1) is 0 Å². The summed E-state index contributed by atoms with van der Waals surface area (Å²) in [6.45, 7) is 8.89. The fourth-order valence-electron chi connectivity index (χ4n) is 4.69. The molecule has 8 heteroatoms. The molecule has 0 amide bonds. The van der Waals surface area contributed by atoms with Gasteiger partial charge in [-0.05, 0) is 52.7 Å². The number of nitrogens with zero attached hydrogens (tertiary/aromatic N) is 4. The second-order valence-corrected chi connectivity index (χ2v) is 9.61. The molecular weight excluding hydrogens is 404 g/mol. The first kappa shape index (κ1) is 22.0. The Balaban J connectivity index is 1.50. The van der Waals surface area contributed by atoms with Gasteiger partial charge in [-0.2, -0.15) is 0 Å². The van der Waals surface area contributed by atoms with Crippen LogP contribution in [-0.2, 0) is 0 Å². The highest BCUT2D eigenvalue weighted by atomic mass is 16.5. The molecule has 2 aromatic heterocycles. The van der Waals surface area contributed by atoms with Gasteiger partial charge in [0, 0.05) is 34.3 Å². The number of hydrogen-bond donors (Lipinski definition) is 3. The van der Waals surface area contributed by atoms with Crippen LogP contribution in [0.4, 0.5) is 5.82 Å². The zero-order valence-electron chi connectivity index (χ0n) is 19.2. The van der Waals surface area contributed by atoms with Gasteiger partial charge in [-0.1, -0.05) is 6.07 Å². The Morgan fingerprint density at radius 2 is 1.72 bits per heavy atom. The highest BCUT2D eigenvalue weighted by molar-refractivity contribution is 5.73. The van der Waals surface area contributed by atoms with Crippen molar-refractivity contribution in [2.45, 2.75) is 57.7 Å². The zero-order valence-corrected chi connectivity index (χ0v) is 19.2. The first-order valence-corrected chi connectivity index (χ1v) is 10.7. The maximum Gasteiger partial charge on any atom is 0.216 e. The maximum absolute atomic E-state index is 10.6. The van der Waals surface area contributed by atoms with E-state index in [0.29, 0.717) is 28.9 Å². The second-order valence-electron chi connectivity index (χ2n) is 9.61. The summed E-state index contributed by atoms with van der Waals surface area (Å²) >= 11 is 0. The largest absolute Gasteiger partial charge is 0.507 e. The lowest BCUT2D eigenvalue weighted by atomic mass is 9.79. The van der Waals surface area contributed by atoms with Crippen LogP contribution in [0.3, 0.4) is 0 Å². The molecular formula is C24H30N6O2. The molecule has 0 radical (unpaired) electrons. The van der Waals surface area contributed by atoms with E-state index in [-0.39, 0.29) is 16.8 Å². The van der Waals surface area contributed by atoms with E-state index < -0.39 is 0 Å². The van der Waals surface area contributed by atoms with Crippen LogP contribution in [0.2, 0.25) is 0 Å². The van der Waals surface area contributed by atoms with E-state index in [2.05, 4.69) is 58.3 Å². The molecule has 0 aliphatic carbocycles. The minimum absolute atomic E-state index is 0.0496. The third-order valence-electron chi connectivity index (χ3n) is 5.61. The van der Waals surface area contributed by atoms with Crippen molar-refractivity contribution >= 4 is 5.82 Å². The Kier molecular flexibility index (Phi) is 5.73. The number of rotatable bonds is 5. The molecule has 4 rings (SSSR count). The molecule has 168 valence electrons. The van der Waals surface area contributed by atoms with Crippen LogP contribution in [-0.4, -0.2) is 49.3 Å². The summed E-state index contributed by atoms with van der Waals surface area (Å²) in [5, 5.41) is 17.8. The van der Waals surface area contributed by atoms with Gasteiger partial charge in [-0.25, -0.2) is 15.0 Å². The van der Waals surface area contributed by atoms with Gasteiger partial charge in [0.1, 0.15) is 17.9 Å². The van der Waals surface area contributed by atoms with Crippen LogP contribution >= 0.6 is 0 Å². The molecule has 1 aliphatic heterocycles. The quantitative estimate of drug-likeness (QED) is 0.553. The number of aromatic nitrogens is 4. The standard InChI is InChI=1S/C24H30N6O2/c1-23(2)10-16(11-24(3,4)30-23)29-21-13-25-19(12-26-21)17-7-6-15(8-20(17)31)18-9-22(32-5)28-14-27-18/h6-9,12-14,16,30-31H,10-11H2,1-5H3,(H,26,29). The van der Waals surface area contributed by atoms with Crippen LogP contribution in [0, 0.1) is 0 Å². The molecule has 0 saturated carbocycles. The molecule has 8 nitrogen and oxygen atoms in total. The van der Waals surface area contributed by atoms with Crippen molar-refractivity contribution in [1.82, 2.24) is 25.3 Å². The van der Waals surface area contributed by atoms with E-state index in [1.165, 1.54) is 6.33 Å². The van der Waals surface area contributed by atoms with Crippen molar-refractivity contribution in [1.29, 1.82) is 0 Å². The zero-order chi connectivity index (χ0) is 22.9. The van der Waals surface area contributed by atoms with E-state index in [4.69, 9.17) is 4.74 Å². The number of ether oxygens (including phenoxy) is 1. The lowest BCUT2D eigenvalue weighted by Gasteiger charge is -2.46. The van der Waals surface area contributed by atoms with Crippen molar-refractivity contribution in [3.05, 3.63) is 43.0 Å². The number of benzene rings is 1. The number of anilines is 1. The Morgan fingerprint density at radius 1 is 0.969 bits per heavy atom. The smallest absolute Gasteiger partial charge is 0.216 e. The van der Waals surface area contributed by atoms with E-state index in [9.17, 15) is 5.11 Å². The van der Waals surface area contributed by atoms with E-state index in [1.807, 2.05) is 12.1 Å². The maximum atomic E-state index is 10.6. The average molecular weight is 435 g/mol. The highest BCUT2D eigenvalue weighted by Gasteiger charge is 2.37. The molecule has 0 bridgehead atoms. The normalized spacial score (nSPS) is 17.7. The van der Waals surface area contributed by atoms with Gasteiger partial charge in [0.25, 0.3) is 0 Å². The minimum atomic E-state index is 0.0496. The first-order chi connectivity index (χ1) is 15.1. The van der Waals surface area contributed by atoms with Crippen molar-refractivity contribution in [2.24, 2.45) is 0 Å². The summed E-state index contributed by atoms with van der Waals surface area (Å²) in [5.41, 5.74) is 2.73. The van der Waals surface area contributed by atoms with Crippen LogP contribution < -0.4 is 15.4 Å². The number of piperidine rings is 1. The summed E-state index contributed by atoms with van der Waals surface area (Å²) in [7, 11) is 1.55. The van der Waals surface area contributed by atoms with Crippen molar-refractivity contribution in [2.75, 3.05) is 12.4 Å². The van der Waals surface area contributed by atoms with E-state index >= 15 is 0 Å². The van der Waals surface area contributed by atoms with Gasteiger partial charge in [0.2, 0.25) is 5.88 Å². The van der Waals surface area contributed by atoms with E-state index in [0.717, 1.165) is 24.2 Å². The molecule has 1 saturated heterocycles. The minimum Gasteiger partial charge on any atom is -0.507 e. The number of methoxy groups -OCH3 is 1. The predicted molar refractivity (Wildman–Crippen MR) is 125 cm³/mol. The SMILES string of the molecule is COc1cc(-c2ccc(-c3cnc(NC4CC(C)(C)NC(C)(C)C4)cn3)c(O)c2)ncn1. The average Bonchev–Trinajstić information content (AvgIpc) is 2.72. The van der Waals surface area contributed by atoms with Gasteiger partial charge in [0.05, 0.1) is 30.9 Å². The van der Waals surface area contributed by atoms with Crippen LogP contribution in [0.25, 0.3) is 22.5 Å². The third-order valence-corrected chi connectivity index (χ3v) is 5.61. The lowest BCUT2D eigenvalue weighted by Crippen LogP contribution is -2.60.